The van der Waals surface area contributed by atoms with Gasteiger partial charge in [0.1, 0.15) is 17.6 Å². The van der Waals surface area contributed by atoms with Crippen LogP contribution in [0.4, 0.5) is 20.6 Å². The Morgan fingerprint density at radius 3 is 2.42 bits per heavy atom. The van der Waals surface area contributed by atoms with Gasteiger partial charge in [-0.2, -0.15) is 10.4 Å². The highest BCUT2D eigenvalue weighted by molar-refractivity contribution is 6.46. The highest BCUT2D eigenvalue weighted by Crippen LogP contribution is 2.39. The van der Waals surface area contributed by atoms with E-state index in [4.69, 9.17) is 38.3 Å². The quantitative estimate of drug-likeness (QED) is 0.279. The van der Waals surface area contributed by atoms with Gasteiger partial charge in [0.15, 0.2) is 5.75 Å². The summed E-state index contributed by atoms with van der Waals surface area (Å²) in [6, 6.07) is 14.8. The van der Waals surface area contributed by atoms with Crippen LogP contribution in [0.2, 0.25) is 10.0 Å². The molecule has 192 valence electrons. The molecule has 0 radical (unpaired) electrons. The van der Waals surface area contributed by atoms with Gasteiger partial charge in [-0.05, 0) is 66.6 Å². The van der Waals surface area contributed by atoms with Crippen molar-refractivity contribution in [3.8, 4) is 17.6 Å². The van der Waals surface area contributed by atoms with Gasteiger partial charge in [-0.3, -0.25) is 20.3 Å². The predicted molar refractivity (Wildman–Crippen MR) is 138 cm³/mol. The van der Waals surface area contributed by atoms with E-state index < -0.39 is 17.7 Å². The summed E-state index contributed by atoms with van der Waals surface area (Å²) in [5.74, 6) is -1.32. The Hall–Kier alpha value is -4.66. The monoisotopic (exact) mass is 555 g/mol. The van der Waals surface area contributed by atoms with Crippen molar-refractivity contribution in [3.05, 3.63) is 81.6 Å². The minimum absolute atomic E-state index is 0.0694. The number of imide groups is 1. The summed E-state index contributed by atoms with van der Waals surface area (Å²) < 4.78 is 19.1. The molecule has 4 rings (SSSR count). The van der Waals surface area contributed by atoms with Crippen LogP contribution in [0.1, 0.15) is 15.9 Å². The highest BCUT2D eigenvalue weighted by atomic mass is 35.5. The number of nitrogens with one attached hydrogen (secondary N) is 2. The number of benzene rings is 3. The molecule has 38 heavy (non-hydrogen) atoms. The van der Waals surface area contributed by atoms with Gasteiger partial charge in [0.05, 0.1) is 15.7 Å². The molecule has 1 aliphatic rings. The van der Waals surface area contributed by atoms with Crippen molar-refractivity contribution in [2.24, 2.45) is 5.10 Å². The van der Waals surface area contributed by atoms with Crippen LogP contribution < -0.4 is 20.4 Å². The van der Waals surface area contributed by atoms with Crippen LogP contribution in [-0.2, 0) is 11.2 Å². The molecule has 3 aromatic rings. The van der Waals surface area contributed by atoms with Gasteiger partial charge < -0.3 is 14.7 Å². The van der Waals surface area contributed by atoms with E-state index in [-0.39, 0.29) is 33.2 Å². The molecule has 13 heteroatoms. The lowest BCUT2D eigenvalue weighted by Gasteiger charge is -2.29. The van der Waals surface area contributed by atoms with E-state index in [1.54, 1.807) is 35.2 Å². The minimum atomic E-state index is -1.64. The van der Waals surface area contributed by atoms with Crippen LogP contribution in [0.5, 0.6) is 11.5 Å². The number of carboxylic acid groups (broad SMARTS) is 1. The summed E-state index contributed by atoms with van der Waals surface area (Å²) in [7, 11) is 0. The number of hydrazone groups is 1. The second-order valence-electron chi connectivity index (χ2n) is 7.82. The van der Waals surface area contributed by atoms with E-state index >= 15 is 0 Å². The molecule has 0 fully saturated rings. The molecule has 3 N–H and O–H groups in total. The zero-order valence-corrected chi connectivity index (χ0v) is 20.7. The van der Waals surface area contributed by atoms with E-state index in [2.05, 4.69) is 10.5 Å². The van der Waals surface area contributed by atoms with Crippen LogP contribution in [0, 0.1) is 17.1 Å². The average molecular weight is 556 g/mol. The van der Waals surface area contributed by atoms with E-state index in [0.29, 0.717) is 30.0 Å². The summed E-state index contributed by atoms with van der Waals surface area (Å²) in [5, 5.41) is 22.8. The average Bonchev–Trinajstić information content (AvgIpc) is 2.87. The lowest BCUT2D eigenvalue weighted by Crippen LogP contribution is -2.37. The first-order valence-electron chi connectivity index (χ1n) is 10.8. The lowest BCUT2D eigenvalue weighted by atomic mass is 9.98. The number of nitrogens with zero attached hydrogens (tertiary/aromatic N) is 3. The fourth-order valence-corrected chi connectivity index (χ4v) is 4.20. The van der Waals surface area contributed by atoms with Gasteiger partial charge >= 0.3 is 6.09 Å². The Bertz CT molecular complexity index is 1500. The number of halogens is 3. The van der Waals surface area contributed by atoms with Crippen LogP contribution >= 0.6 is 23.2 Å². The number of carbonyl (C=O) groups is 3. The number of rotatable bonds is 6. The standard InChI is InChI=1S/C25H16Cl2FN5O5/c26-19-10-15(31-32-21(12-29)23(34)30-25(36)37)11-20(27)22(19)38-17-5-6-18-13(9-17)7-8-33(24(18)35)16-3-1-14(28)2-4-16/h1-6,9-11,31H,7-8H2,(H,30,34)(H,36,37). The SMILES string of the molecule is N#CC(=NNc1cc(Cl)c(Oc2ccc3c(c2)CCN(c2ccc(F)cc2)C3=O)c(Cl)c1)C(=O)NC(=O)O. The van der Waals surface area contributed by atoms with Crippen LogP contribution in [0.25, 0.3) is 0 Å². The highest BCUT2D eigenvalue weighted by Gasteiger charge is 2.26. The first kappa shape index (κ1) is 26.4. The molecule has 0 aromatic heterocycles. The van der Waals surface area contributed by atoms with Crippen molar-refractivity contribution in [2.75, 3.05) is 16.9 Å². The van der Waals surface area contributed by atoms with Gasteiger partial charge in [0.25, 0.3) is 11.8 Å². The smallest absolute Gasteiger partial charge is 0.411 e. The number of hydrogen-bond donors (Lipinski definition) is 3. The predicted octanol–water partition coefficient (Wildman–Crippen LogP) is 5.21. The van der Waals surface area contributed by atoms with E-state index in [1.165, 1.54) is 35.7 Å². The van der Waals surface area contributed by atoms with Crippen LogP contribution in [0.15, 0.2) is 59.7 Å². The summed E-state index contributed by atoms with van der Waals surface area (Å²) >= 11 is 12.6. The maximum atomic E-state index is 13.3. The summed E-state index contributed by atoms with van der Waals surface area (Å²) in [5.41, 5.74) is 3.72. The second kappa shape index (κ2) is 11.2. The van der Waals surface area contributed by atoms with Gasteiger partial charge in [0, 0.05) is 17.8 Å². The van der Waals surface area contributed by atoms with Crippen molar-refractivity contribution in [1.82, 2.24) is 5.32 Å². The number of nitriles is 1. The molecule has 0 atom stereocenters. The Morgan fingerprint density at radius 2 is 1.79 bits per heavy atom. The number of ether oxygens (including phenoxy) is 1. The third kappa shape index (κ3) is 5.83. The maximum Gasteiger partial charge on any atom is 0.411 e. The van der Waals surface area contributed by atoms with Crippen LogP contribution in [0.3, 0.4) is 0 Å². The van der Waals surface area contributed by atoms with Crippen molar-refractivity contribution >= 4 is 58.2 Å². The molecule has 0 aliphatic carbocycles. The van der Waals surface area contributed by atoms with Gasteiger partial charge in [0.2, 0.25) is 5.71 Å². The Kier molecular flexibility index (Phi) is 7.76. The molecule has 3 amide bonds. The molecule has 0 spiro atoms. The number of hydrogen-bond acceptors (Lipinski definition) is 7. The number of carbonyl (C=O) groups excluding carboxylic acids is 2. The molecule has 0 saturated heterocycles. The molecule has 0 bridgehead atoms. The number of anilines is 2. The molecule has 3 aromatic carbocycles. The number of fused-ring (bicyclic) bond motifs is 1. The molecular formula is C25H16Cl2FN5O5. The normalized spacial score (nSPS) is 12.8. The van der Waals surface area contributed by atoms with Crippen molar-refractivity contribution in [2.45, 2.75) is 6.42 Å². The molecule has 10 nitrogen and oxygen atoms in total. The summed E-state index contributed by atoms with van der Waals surface area (Å²) in [4.78, 5) is 36.8. The number of amides is 3. The topological polar surface area (TPSA) is 144 Å². The third-order valence-electron chi connectivity index (χ3n) is 5.35. The maximum absolute atomic E-state index is 13.3. The summed E-state index contributed by atoms with van der Waals surface area (Å²) in [6.07, 6.45) is -1.10. The summed E-state index contributed by atoms with van der Waals surface area (Å²) in [6.45, 7) is 0.401. The molecule has 0 unspecified atom stereocenters. The Morgan fingerprint density at radius 1 is 1.11 bits per heavy atom. The van der Waals surface area contributed by atoms with Crippen molar-refractivity contribution < 1.29 is 28.6 Å². The van der Waals surface area contributed by atoms with Crippen molar-refractivity contribution in [3.63, 3.8) is 0 Å². The minimum Gasteiger partial charge on any atom is -0.465 e. The van der Waals surface area contributed by atoms with Gasteiger partial charge in [-0.1, -0.05) is 23.2 Å². The van der Waals surface area contributed by atoms with Gasteiger partial charge in [-0.15, -0.1) is 0 Å². The first-order chi connectivity index (χ1) is 18.2. The van der Waals surface area contributed by atoms with Crippen molar-refractivity contribution in [1.29, 1.82) is 5.26 Å². The first-order valence-corrected chi connectivity index (χ1v) is 11.6. The Labute approximate surface area is 224 Å². The molecule has 1 aliphatic heterocycles. The fourth-order valence-electron chi connectivity index (χ4n) is 3.64. The van der Waals surface area contributed by atoms with Crippen LogP contribution in [-0.4, -0.2) is 35.3 Å². The van der Waals surface area contributed by atoms with E-state index in [1.807, 2.05) is 0 Å². The molecular weight excluding hydrogens is 540 g/mol. The second-order valence-corrected chi connectivity index (χ2v) is 8.63. The lowest BCUT2D eigenvalue weighted by molar-refractivity contribution is -0.114. The largest absolute Gasteiger partial charge is 0.465 e. The molecule has 1 heterocycles. The molecule has 0 saturated carbocycles. The third-order valence-corrected chi connectivity index (χ3v) is 5.91. The van der Waals surface area contributed by atoms with Gasteiger partial charge in [-0.25, -0.2) is 9.18 Å². The zero-order chi connectivity index (χ0) is 27.4. The van der Waals surface area contributed by atoms with E-state index in [9.17, 15) is 18.8 Å². The van der Waals surface area contributed by atoms with E-state index in [0.717, 1.165) is 5.56 Å². The zero-order valence-electron chi connectivity index (χ0n) is 19.2. The fraction of sp³-hybridized carbons (Fsp3) is 0.0800. The Balaban J connectivity index is 1.50.